The van der Waals surface area contributed by atoms with Crippen molar-refractivity contribution < 1.29 is 38.2 Å². The van der Waals surface area contributed by atoms with Crippen molar-refractivity contribution in [3.63, 3.8) is 0 Å². The summed E-state index contributed by atoms with van der Waals surface area (Å²) in [7, 11) is 0. The molecule has 0 spiro atoms. The van der Waals surface area contributed by atoms with E-state index >= 15 is 0 Å². The topological polar surface area (TPSA) is 127 Å². The number of carbonyl (C=O) groups is 6. The van der Waals surface area contributed by atoms with Gasteiger partial charge in [-0.1, -0.05) is 60.7 Å². The van der Waals surface area contributed by atoms with Crippen LogP contribution < -0.4 is 25.7 Å². The van der Waals surface area contributed by atoms with Crippen molar-refractivity contribution in [2.24, 2.45) is 0 Å². The second-order valence-corrected chi connectivity index (χ2v) is 22.8. The molecule has 0 saturated carbocycles. The normalized spacial score (nSPS) is 11.3. The van der Waals surface area contributed by atoms with Crippen molar-refractivity contribution in [1.29, 1.82) is 0 Å². The number of benzene rings is 9. The van der Waals surface area contributed by atoms with Crippen molar-refractivity contribution in [1.82, 2.24) is 0 Å². The van der Waals surface area contributed by atoms with E-state index in [1.165, 1.54) is 12.2 Å². The average molecular weight is 1090 g/mol. The summed E-state index contributed by atoms with van der Waals surface area (Å²) in [6.45, 7) is 2.22. The van der Waals surface area contributed by atoms with Gasteiger partial charge in [-0.15, -0.1) is 0 Å². The molecule has 10 nitrogen and oxygen atoms in total. The first-order chi connectivity index (χ1) is 39.6. The first-order valence-corrected chi connectivity index (χ1v) is 28.8. The molecule has 0 aromatic heterocycles. The van der Waals surface area contributed by atoms with Gasteiger partial charge in [-0.3, -0.25) is 9.59 Å². The zero-order valence-electron chi connectivity index (χ0n) is 45.4. The summed E-state index contributed by atoms with van der Waals surface area (Å²) in [4.78, 5) is 75.6. The summed E-state index contributed by atoms with van der Waals surface area (Å²) in [6, 6.07) is 80.2. The number of hydrogen-bond acceptors (Lipinski definition) is 10. The van der Waals surface area contributed by atoms with Gasteiger partial charge in [-0.2, -0.15) is 0 Å². The zero-order valence-corrected chi connectivity index (χ0v) is 46.3. The third-order valence-electron chi connectivity index (χ3n) is 13.2. The van der Waals surface area contributed by atoms with Gasteiger partial charge in [0.2, 0.25) is 0 Å². The van der Waals surface area contributed by atoms with Gasteiger partial charge >= 0.3 is 160 Å². The summed E-state index contributed by atoms with van der Waals surface area (Å²) in [5.74, 6) is -0.714. The van der Waals surface area contributed by atoms with Crippen LogP contribution in [0.15, 0.2) is 261 Å². The fourth-order valence-electron chi connectivity index (χ4n) is 9.29. The zero-order chi connectivity index (χ0) is 57.3. The Bertz CT molecular complexity index is 3300. The minimum atomic E-state index is -3.88. The molecule has 0 aliphatic rings. The first kappa shape index (κ1) is 58.8. The molecule has 9 rings (SSSR count). The number of para-hydroxylation sites is 2. The second kappa shape index (κ2) is 29.2. The summed E-state index contributed by atoms with van der Waals surface area (Å²) in [6.07, 6.45) is 8.28. The first-order valence-electron chi connectivity index (χ1n) is 26.5. The smallest absolute Gasteiger partial charge is 0.330 e. The Balaban J connectivity index is 0.000000179. The quantitative estimate of drug-likeness (QED) is 0.0315. The average Bonchev–Trinajstić information content (AvgIpc) is 3.58. The van der Waals surface area contributed by atoms with Crippen LogP contribution in [-0.4, -0.2) is 49.3 Å². The van der Waals surface area contributed by atoms with Gasteiger partial charge in [0.1, 0.15) is 12.6 Å². The number of ether oxygens (including phenoxy) is 2. The van der Waals surface area contributed by atoms with E-state index in [0.717, 1.165) is 79.8 Å². The van der Waals surface area contributed by atoms with Gasteiger partial charge in [0.15, 0.2) is 0 Å². The number of carbonyl (C=O) groups excluding carboxylic acids is 6. The fourth-order valence-corrected chi connectivity index (χ4v) is 14.6. The monoisotopic (exact) mass is 1090 g/mol. The summed E-state index contributed by atoms with van der Waals surface area (Å²) in [5.41, 5.74) is 8.93. The summed E-state index contributed by atoms with van der Waals surface area (Å²) in [5, 5.41) is 2.40. The van der Waals surface area contributed by atoms with Gasteiger partial charge in [-0.05, 0) is 134 Å². The van der Waals surface area contributed by atoms with Gasteiger partial charge in [0.25, 0.3) is 0 Å². The van der Waals surface area contributed by atoms with Crippen LogP contribution in [0, 0.1) is 0 Å². The standard InChI is InChI=1S/C28H27NO4.C22H21O2P.C20H15NO2/c1-3-32-27(30)20-14-22-10-16-25(17-11-22)29(24-8-6-5-7-9-24)26-18-12-23(13-19-26)15-21-28(31)33-4-2;1-2-22(24)25(18-23,19-12-6-3-7-13-19,20-14-8-4-9-15-20)21-16-10-5-11-17-21;22-14-16-6-10-19(11-7-16)21(18-4-2-1-3-5-18)20-12-8-17(15-23)9-13-20/h5-21H,3-4H2,1-2H3;3-18H,2H2,1H3;1-15H/b20-14+,21-15+;;. The molecule has 0 fully saturated rings. The van der Waals surface area contributed by atoms with Gasteiger partial charge < -0.3 is 19.3 Å². The van der Waals surface area contributed by atoms with Crippen molar-refractivity contribution >= 4 is 105 Å². The molecule has 0 unspecified atom stereocenters. The van der Waals surface area contributed by atoms with E-state index in [1.807, 2.05) is 231 Å². The van der Waals surface area contributed by atoms with Crippen LogP contribution >= 0.6 is 6.60 Å². The van der Waals surface area contributed by atoms with E-state index in [1.54, 1.807) is 50.3 Å². The van der Waals surface area contributed by atoms with Crippen LogP contribution in [0.1, 0.15) is 59.0 Å². The van der Waals surface area contributed by atoms with E-state index in [2.05, 4.69) is 9.80 Å². The fraction of sp³-hybridized carbons (Fsp3) is 0.0857. The van der Waals surface area contributed by atoms with E-state index in [4.69, 9.17) is 9.47 Å². The maximum atomic E-state index is 13.6. The number of esters is 2. The number of aldehydes is 2. The molecule has 0 aliphatic carbocycles. The van der Waals surface area contributed by atoms with Gasteiger partial charge in [-0.25, -0.2) is 9.59 Å². The molecular formula is C70H63N2O8P. The maximum absolute atomic E-state index is 13.6. The summed E-state index contributed by atoms with van der Waals surface area (Å²) < 4.78 is 9.86. The Morgan fingerprint density at radius 1 is 0.358 bits per heavy atom. The molecule has 11 heteroatoms. The third kappa shape index (κ3) is 14.1. The maximum Gasteiger partial charge on any atom is 0.330 e. The number of rotatable bonds is 20. The SMILES string of the molecule is CCC(=O)P(C=O)(c1ccccc1)(c1ccccc1)c1ccccc1.CCOC(=O)/C=C/c1ccc(N(c2ccccc2)c2ccc(/C=C/C(=O)OCC)cc2)cc1.O=Cc1ccc(N(c2ccccc2)c2ccc(C=O)cc2)cc1. The van der Waals surface area contributed by atoms with Crippen LogP contribution in [0.5, 0.6) is 0 Å². The largest absolute Gasteiger partial charge is 0.463 e. The van der Waals surface area contributed by atoms with Gasteiger partial charge in [0, 0.05) is 57.4 Å². The van der Waals surface area contributed by atoms with Crippen molar-refractivity contribution in [2.45, 2.75) is 27.2 Å². The minimum absolute atomic E-state index is 0.00963. The minimum Gasteiger partial charge on any atom is -0.463 e. The van der Waals surface area contributed by atoms with Crippen LogP contribution in [-0.2, 0) is 28.7 Å². The second-order valence-electron chi connectivity index (χ2n) is 18.2. The Morgan fingerprint density at radius 3 is 0.864 bits per heavy atom. The molecule has 0 amide bonds. The molecule has 0 atom stereocenters. The molecule has 0 radical (unpaired) electrons. The van der Waals surface area contributed by atoms with E-state index in [0.29, 0.717) is 30.8 Å². The van der Waals surface area contributed by atoms with Crippen LogP contribution in [0.2, 0.25) is 0 Å². The number of anilines is 6. The predicted octanol–water partition coefficient (Wildman–Crippen LogP) is 14.7. The van der Waals surface area contributed by atoms with Gasteiger partial charge in [0.05, 0.1) is 13.2 Å². The molecule has 9 aromatic rings. The van der Waals surface area contributed by atoms with Crippen molar-refractivity contribution in [2.75, 3.05) is 23.0 Å². The molecule has 81 heavy (non-hydrogen) atoms. The van der Waals surface area contributed by atoms with Crippen LogP contribution in [0.4, 0.5) is 34.1 Å². The van der Waals surface area contributed by atoms with Crippen LogP contribution in [0.3, 0.4) is 0 Å². The molecule has 0 N–H and O–H groups in total. The van der Waals surface area contributed by atoms with E-state index in [9.17, 15) is 28.8 Å². The van der Waals surface area contributed by atoms with Crippen molar-refractivity contribution in [3.05, 3.63) is 283 Å². The molecule has 0 aliphatic heterocycles. The molecule has 0 saturated heterocycles. The molecule has 0 heterocycles. The number of nitrogens with zero attached hydrogens (tertiary/aromatic N) is 2. The predicted molar refractivity (Wildman–Crippen MR) is 332 cm³/mol. The number of hydrogen-bond donors (Lipinski definition) is 0. The summed E-state index contributed by atoms with van der Waals surface area (Å²) >= 11 is 0. The molecule has 9 aromatic carbocycles. The van der Waals surface area contributed by atoms with E-state index in [-0.39, 0.29) is 17.5 Å². The van der Waals surface area contributed by atoms with Crippen LogP contribution in [0.25, 0.3) is 12.2 Å². The Labute approximate surface area is 474 Å². The third-order valence-corrected chi connectivity index (χ3v) is 19.1. The Morgan fingerprint density at radius 2 is 0.617 bits per heavy atom. The Kier molecular flexibility index (Phi) is 21.2. The molecule has 0 bridgehead atoms. The van der Waals surface area contributed by atoms with E-state index < -0.39 is 6.60 Å². The Hall–Kier alpha value is -9.89. The molecular weight excluding hydrogens is 1030 g/mol. The molecule has 406 valence electrons. The van der Waals surface area contributed by atoms with Crippen molar-refractivity contribution in [3.8, 4) is 0 Å².